The molecule has 0 aromatic rings. The Kier molecular flexibility index (Phi) is 9.48. The first kappa shape index (κ1) is 11.8. The summed E-state index contributed by atoms with van der Waals surface area (Å²) in [5, 5.41) is 0. The second-order valence-corrected chi connectivity index (χ2v) is 5.94. The minimum atomic E-state index is 0.336. The van der Waals surface area contributed by atoms with Gasteiger partial charge in [0.2, 0.25) is 0 Å². The van der Waals surface area contributed by atoms with E-state index in [2.05, 4.69) is 20.8 Å². The molecule has 0 nitrogen and oxygen atoms in total. The Morgan fingerprint density at radius 1 is 1.09 bits per heavy atom. The molecule has 0 radical (unpaired) electrons. The Bertz CT molecular complexity index is 69.3. The SMILES string of the molecule is CCCCC[CH2][Mg][CH2]C(C)C. The summed E-state index contributed by atoms with van der Waals surface area (Å²) >= 11 is 0.336. The topological polar surface area (TPSA) is 0 Å². The summed E-state index contributed by atoms with van der Waals surface area (Å²) in [6, 6.07) is 0. The highest BCUT2D eigenvalue weighted by atomic mass is 24.5. The zero-order valence-electron chi connectivity index (χ0n) is 8.53. The lowest BCUT2D eigenvalue weighted by Gasteiger charge is -2.01. The molecule has 0 bridgehead atoms. The molecule has 0 saturated carbocycles. The van der Waals surface area contributed by atoms with E-state index < -0.39 is 0 Å². The molecule has 0 amide bonds. The Morgan fingerprint density at radius 2 is 1.82 bits per heavy atom. The minimum Gasteiger partial charge on any atom is -0.146 e. The molecule has 0 aromatic carbocycles. The van der Waals surface area contributed by atoms with Crippen LogP contribution in [0.1, 0.15) is 46.5 Å². The van der Waals surface area contributed by atoms with Crippen LogP contribution in [0, 0.1) is 5.92 Å². The lowest BCUT2D eigenvalue weighted by molar-refractivity contribution is 0.692. The second kappa shape index (κ2) is 8.86. The third-order valence-corrected chi connectivity index (χ3v) is 4.70. The van der Waals surface area contributed by atoms with Gasteiger partial charge in [-0.1, -0.05) is 52.4 Å². The largest absolute Gasteiger partial charge is 0.364 e. The summed E-state index contributed by atoms with van der Waals surface area (Å²) in [6.07, 6.45) is 5.84. The maximum atomic E-state index is 2.35. The first-order valence-electron chi connectivity index (χ1n) is 5.27. The zero-order chi connectivity index (χ0) is 8.53. The summed E-state index contributed by atoms with van der Waals surface area (Å²) < 4.78 is 3.16. The van der Waals surface area contributed by atoms with Crippen molar-refractivity contribution >= 4 is 20.4 Å². The van der Waals surface area contributed by atoms with Crippen molar-refractivity contribution in [1.82, 2.24) is 0 Å². The van der Waals surface area contributed by atoms with Gasteiger partial charge in [-0.3, -0.25) is 0 Å². The number of unbranched alkanes of at least 4 members (excludes halogenated alkanes) is 3. The molecule has 0 heterocycles. The highest BCUT2D eigenvalue weighted by Crippen LogP contribution is 2.06. The third-order valence-electron chi connectivity index (χ3n) is 2.14. The van der Waals surface area contributed by atoms with Gasteiger partial charge in [-0.15, -0.1) is 9.10 Å². The van der Waals surface area contributed by atoms with E-state index in [0.717, 1.165) is 5.92 Å². The standard InChI is InChI=1S/C6H13.C4H9.Mg/c1-3-5-6-4-2;1-4(2)3;/h1,3-6H2,2H3;4H,1H2,2-3H3;. The van der Waals surface area contributed by atoms with Crippen LogP contribution in [0.3, 0.4) is 0 Å². The molecule has 0 aliphatic rings. The molecule has 1 heteroatoms. The van der Waals surface area contributed by atoms with E-state index in [1.807, 2.05) is 0 Å². The molecular formula is C10H22Mg. The summed E-state index contributed by atoms with van der Waals surface area (Å²) in [7, 11) is 0. The molecule has 0 N–H and O–H groups in total. The van der Waals surface area contributed by atoms with Gasteiger partial charge >= 0.3 is 20.4 Å². The van der Waals surface area contributed by atoms with Gasteiger partial charge in [-0.2, -0.15) is 0 Å². The van der Waals surface area contributed by atoms with Crippen LogP contribution in [0.25, 0.3) is 0 Å². The van der Waals surface area contributed by atoms with Gasteiger partial charge < -0.3 is 0 Å². The van der Waals surface area contributed by atoms with Crippen molar-refractivity contribution in [3.8, 4) is 0 Å². The van der Waals surface area contributed by atoms with Crippen LogP contribution < -0.4 is 0 Å². The molecule has 64 valence electrons. The molecule has 0 saturated heterocycles. The molecule has 0 rings (SSSR count). The van der Waals surface area contributed by atoms with Crippen LogP contribution in [0.15, 0.2) is 0 Å². The van der Waals surface area contributed by atoms with Crippen LogP contribution in [0.4, 0.5) is 0 Å². The maximum Gasteiger partial charge on any atom is 0.364 e. The Balaban J connectivity index is 2.80. The minimum absolute atomic E-state index is 0.336. The van der Waals surface area contributed by atoms with E-state index in [9.17, 15) is 0 Å². The van der Waals surface area contributed by atoms with E-state index >= 15 is 0 Å². The quantitative estimate of drug-likeness (QED) is 0.399. The van der Waals surface area contributed by atoms with Crippen molar-refractivity contribution in [2.75, 3.05) is 0 Å². The van der Waals surface area contributed by atoms with Gasteiger partial charge in [0, 0.05) is 0 Å². The highest BCUT2D eigenvalue weighted by Gasteiger charge is 1.98. The Morgan fingerprint density at radius 3 is 2.36 bits per heavy atom. The molecule has 0 spiro atoms. The van der Waals surface area contributed by atoms with Crippen molar-refractivity contribution in [3.63, 3.8) is 0 Å². The summed E-state index contributed by atoms with van der Waals surface area (Å²) in [6.45, 7) is 6.98. The van der Waals surface area contributed by atoms with E-state index in [0.29, 0.717) is 20.4 Å². The smallest absolute Gasteiger partial charge is 0.146 e. The molecular weight excluding hydrogens is 144 g/mol. The lowest BCUT2D eigenvalue weighted by Crippen LogP contribution is -1.95. The maximum absolute atomic E-state index is 2.35. The van der Waals surface area contributed by atoms with Crippen LogP contribution in [0.2, 0.25) is 9.10 Å². The van der Waals surface area contributed by atoms with Crippen molar-refractivity contribution in [2.24, 2.45) is 5.92 Å². The van der Waals surface area contributed by atoms with E-state index in [-0.39, 0.29) is 0 Å². The third kappa shape index (κ3) is 10.8. The fourth-order valence-electron chi connectivity index (χ4n) is 1.33. The first-order valence-corrected chi connectivity index (χ1v) is 7.27. The lowest BCUT2D eigenvalue weighted by atomic mass is 10.2. The molecule has 0 aliphatic heterocycles. The van der Waals surface area contributed by atoms with E-state index in [1.54, 1.807) is 9.10 Å². The van der Waals surface area contributed by atoms with Crippen molar-refractivity contribution in [2.45, 2.75) is 55.6 Å². The molecule has 0 unspecified atom stereocenters. The average Bonchev–Trinajstić information content (AvgIpc) is 1.96. The van der Waals surface area contributed by atoms with E-state index in [4.69, 9.17) is 0 Å². The molecule has 0 aliphatic carbocycles. The highest BCUT2D eigenvalue weighted by molar-refractivity contribution is 6.35. The second-order valence-electron chi connectivity index (χ2n) is 3.95. The fourth-order valence-corrected chi connectivity index (χ4v) is 3.15. The summed E-state index contributed by atoms with van der Waals surface area (Å²) in [5.74, 6) is 0.966. The fraction of sp³-hybridized carbons (Fsp3) is 1.00. The molecule has 0 atom stereocenters. The van der Waals surface area contributed by atoms with Gasteiger partial charge in [0.1, 0.15) is 0 Å². The van der Waals surface area contributed by atoms with Crippen LogP contribution in [0.5, 0.6) is 0 Å². The molecule has 11 heavy (non-hydrogen) atoms. The molecule has 0 aromatic heterocycles. The number of rotatable bonds is 7. The number of hydrogen-bond acceptors (Lipinski definition) is 0. The van der Waals surface area contributed by atoms with Crippen molar-refractivity contribution < 1.29 is 0 Å². The summed E-state index contributed by atoms with van der Waals surface area (Å²) in [5.41, 5.74) is 0. The van der Waals surface area contributed by atoms with Crippen LogP contribution in [-0.4, -0.2) is 20.4 Å². The summed E-state index contributed by atoms with van der Waals surface area (Å²) in [4.78, 5) is 0. The average molecular weight is 167 g/mol. The monoisotopic (exact) mass is 166 g/mol. The zero-order valence-corrected chi connectivity index (χ0v) is 9.94. The normalized spacial score (nSPS) is 10.2. The van der Waals surface area contributed by atoms with E-state index in [1.165, 1.54) is 25.7 Å². The Labute approximate surface area is 81.9 Å². The van der Waals surface area contributed by atoms with Gasteiger partial charge in [-0.05, 0) is 0 Å². The number of hydrogen-bond donors (Lipinski definition) is 0. The van der Waals surface area contributed by atoms with Crippen molar-refractivity contribution in [3.05, 3.63) is 0 Å². The van der Waals surface area contributed by atoms with Crippen LogP contribution in [-0.2, 0) is 0 Å². The Hall–Kier alpha value is 0.766. The predicted octanol–water partition coefficient (Wildman–Crippen LogP) is 3.76. The first-order chi connectivity index (χ1) is 5.27. The van der Waals surface area contributed by atoms with Gasteiger partial charge in [0.25, 0.3) is 0 Å². The van der Waals surface area contributed by atoms with Crippen LogP contribution >= 0.6 is 0 Å². The van der Waals surface area contributed by atoms with Gasteiger partial charge in [0.05, 0.1) is 0 Å². The van der Waals surface area contributed by atoms with Crippen molar-refractivity contribution in [1.29, 1.82) is 0 Å². The van der Waals surface area contributed by atoms with Gasteiger partial charge in [-0.25, -0.2) is 0 Å². The molecule has 0 fully saturated rings. The van der Waals surface area contributed by atoms with Gasteiger partial charge in [0.15, 0.2) is 0 Å². The predicted molar refractivity (Wildman–Crippen MR) is 54.3 cm³/mol.